The lowest BCUT2D eigenvalue weighted by atomic mass is 10.0. The van der Waals surface area contributed by atoms with Crippen molar-refractivity contribution in [2.45, 2.75) is 38.8 Å². The van der Waals surface area contributed by atoms with Gasteiger partial charge < -0.3 is 20.0 Å². The van der Waals surface area contributed by atoms with Gasteiger partial charge in [0.25, 0.3) is 0 Å². The first-order chi connectivity index (χ1) is 19.1. The van der Waals surface area contributed by atoms with Gasteiger partial charge in [-0.25, -0.2) is 9.78 Å². The van der Waals surface area contributed by atoms with Gasteiger partial charge in [-0.05, 0) is 70.1 Å². The van der Waals surface area contributed by atoms with Crippen molar-refractivity contribution in [3.05, 3.63) is 48.8 Å². The largest absolute Gasteiger partial charge is 0.380 e. The molecule has 2 aromatic heterocycles. The third kappa shape index (κ3) is 6.03. The first-order valence-electron chi connectivity index (χ1n) is 13.9. The first-order valence-corrected chi connectivity index (χ1v) is 15.4. The number of piperazine rings is 1. The van der Waals surface area contributed by atoms with Gasteiger partial charge in [0.05, 0.1) is 16.9 Å². The normalized spacial score (nSPS) is 17.9. The molecule has 40 heavy (non-hydrogen) atoms. The molecule has 0 aliphatic carbocycles. The van der Waals surface area contributed by atoms with E-state index in [9.17, 15) is 13.2 Å². The molecule has 0 bridgehead atoms. The second-order valence-corrected chi connectivity index (χ2v) is 12.7. The Balaban J connectivity index is 1.23. The number of nitrogens with one attached hydrogen (secondary N) is 2. The fourth-order valence-corrected chi connectivity index (χ4v) is 6.68. The number of benzene rings is 1. The molecule has 12 heteroatoms. The molecule has 5 rings (SSSR count). The Bertz CT molecular complexity index is 1440. The zero-order chi connectivity index (χ0) is 28.4. The molecular weight excluding hydrogens is 528 g/mol. The highest BCUT2D eigenvalue weighted by atomic mass is 32.2. The van der Waals surface area contributed by atoms with Crippen LogP contribution >= 0.6 is 0 Å². The molecule has 2 fully saturated rings. The van der Waals surface area contributed by atoms with E-state index < -0.39 is 10.2 Å². The number of pyridine rings is 1. The van der Waals surface area contributed by atoms with Crippen molar-refractivity contribution in [2.24, 2.45) is 0 Å². The minimum Gasteiger partial charge on any atom is -0.380 e. The summed E-state index contributed by atoms with van der Waals surface area (Å²) < 4.78 is 31.6. The van der Waals surface area contributed by atoms with Crippen LogP contribution in [0.25, 0.3) is 10.9 Å². The maximum Gasteiger partial charge on any atom is 0.328 e. The Hall–Kier alpha value is -3.35. The summed E-state index contributed by atoms with van der Waals surface area (Å²) in [6.07, 6.45) is 5.27. The predicted octanol–water partition coefficient (Wildman–Crippen LogP) is 3.33. The van der Waals surface area contributed by atoms with Gasteiger partial charge in [-0.15, -0.1) is 0 Å². The van der Waals surface area contributed by atoms with Crippen molar-refractivity contribution in [3.63, 3.8) is 0 Å². The topological polar surface area (TPSA) is 106 Å². The number of likely N-dealkylation sites (N-methyl/N-ethyl adjacent to an activating group) is 1. The second-order valence-electron chi connectivity index (χ2n) is 11.1. The summed E-state index contributed by atoms with van der Waals surface area (Å²) in [4.78, 5) is 24.3. The number of carbonyl (C=O) groups is 1. The number of piperidine rings is 1. The molecule has 2 N–H and O–H groups in total. The van der Waals surface area contributed by atoms with Gasteiger partial charge >= 0.3 is 16.2 Å². The van der Waals surface area contributed by atoms with Crippen molar-refractivity contribution in [3.8, 4) is 0 Å². The third-order valence-corrected chi connectivity index (χ3v) is 9.33. The van der Waals surface area contributed by atoms with E-state index in [1.807, 2.05) is 30.3 Å². The van der Waals surface area contributed by atoms with Gasteiger partial charge in [-0.1, -0.05) is 0 Å². The minimum absolute atomic E-state index is 0.0677. The summed E-state index contributed by atoms with van der Waals surface area (Å²) in [5.41, 5.74) is 2.26. The van der Waals surface area contributed by atoms with E-state index in [4.69, 9.17) is 0 Å². The standard InChI is InChI=1S/C28H40N8O3S/c1-21(2)30-25-6-5-12-29-27(25)33(4)24-10-13-34(14-11-24)28(37)36-15-9-22-20-23(7-8-26(22)36)31-40(38,39)35-18-16-32(3)17-19-35/h5-9,12,15,20-21,24,30-31H,10-11,13-14,16-19H2,1-4H3. The number of nitrogens with zero attached hydrogens (tertiary/aromatic N) is 6. The molecule has 0 radical (unpaired) electrons. The molecule has 11 nitrogen and oxygen atoms in total. The van der Waals surface area contributed by atoms with Gasteiger partial charge in [-0.2, -0.15) is 12.7 Å². The highest BCUT2D eigenvalue weighted by molar-refractivity contribution is 7.90. The Labute approximate surface area is 236 Å². The molecule has 4 heterocycles. The molecule has 0 saturated carbocycles. The fraction of sp³-hybridized carbons (Fsp3) is 0.500. The van der Waals surface area contributed by atoms with E-state index in [-0.39, 0.29) is 12.1 Å². The van der Waals surface area contributed by atoms with E-state index in [2.05, 4.69) is 51.8 Å². The lowest BCUT2D eigenvalue weighted by Crippen LogP contribution is -2.48. The van der Waals surface area contributed by atoms with Crippen LogP contribution in [0.15, 0.2) is 48.8 Å². The zero-order valence-corrected chi connectivity index (χ0v) is 24.6. The summed E-state index contributed by atoms with van der Waals surface area (Å²) in [6.45, 7) is 7.86. The Morgan fingerprint density at radius 1 is 1.05 bits per heavy atom. The van der Waals surface area contributed by atoms with Crippen molar-refractivity contribution in [1.82, 2.24) is 23.7 Å². The lowest BCUT2D eigenvalue weighted by Gasteiger charge is -2.38. The number of rotatable bonds is 7. The van der Waals surface area contributed by atoms with Crippen LogP contribution in [0, 0.1) is 0 Å². The van der Waals surface area contributed by atoms with E-state index in [1.54, 1.807) is 29.0 Å². The molecule has 0 atom stereocenters. The average molecular weight is 569 g/mol. The van der Waals surface area contributed by atoms with Crippen molar-refractivity contribution >= 4 is 44.3 Å². The monoisotopic (exact) mass is 568 g/mol. The molecule has 0 unspecified atom stereocenters. The van der Waals surface area contributed by atoms with Crippen molar-refractivity contribution in [2.75, 3.05) is 68.3 Å². The van der Waals surface area contributed by atoms with Crippen LogP contribution in [0.3, 0.4) is 0 Å². The van der Waals surface area contributed by atoms with Gasteiger partial charge in [0.2, 0.25) is 0 Å². The molecule has 3 aromatic rings. The number of amides is 1. The summed E-state index contributed by atoms with van der Waals surface area (Å²) >= 11 is 0. The average Bonchev–Trinajstić information content (AvgIpc) is 3.35. The van der Waals surface area contributed by atoms with Crippen LogP contribution in [0.4, 0.5) is 22.0 Å². The van der Waals surface area contributed by atoms with Gasteiger partial charge in [0, 0.05) is 76.2 Å². The summed E-state index contributed by atoms with van der Waals surface area (Å²) in [5.74, 6) is 0.927. The van der Waals surface area contributed by atoms with Crippen LogP contribution in [-0.4, -0.2) is 104 Å². The Morgan fingerprint density at radius 2 is 1.77 bits per heavy atom. The summed E-state index contributed by atoms with van der Waals surface area (Å²) in [6, 6.07) is 11.7. The number of carbonyl (C=O) groups excluding carboxylic acids is 1. The number of fused-ring (bicyclic) bond motifs is 1. The molecule has 2 aliphatic rings. The minimum atomic E-state index is -3.63. The Kier molecular flexibility index (Phi) is 8.20. The summed E-state index contributed by atoms with van der Waals surface area (Å²) in [5, 5.41) is 4.28. The van der Waals surface area contributed by atoms with Crippen LogP contribution in [0.5, 0.6) is 0 Å². The number of hydrogen-bond donors (Lipinski definition) is 2. The highest BCUT2D eigenvalue weighted by Gasteiger charge is 2.29. The van der Waals surface area contributed by atoms with E-state index >= 15 is 0 Å². The van der Waals surface area contributed by atoms with E-state index in [0.29, 0.717) is 51.0 Å². The summed E-state index contributed by atoms with van der Waals surface area (Å²) in [7, 11) is 0.428. The van der Waals surface area contributed by atoms with Crippen LogP contribution < -0.4 is 14.9 Å². The third-order valence-electron chi connectivity index (χ3n) is 7.79. The molecule has 216 valence electrons. The van der Waals surface area contributed by atoms with E-state index in [1.165, 1.54) is 4.31 Å². The Morgan fingerprint density at radius 3 is 2.48 bits per heavy atom. The van der Waals surface area contributed by atoms with Gasteiger partial charge in [-0.3, -0.25) is 9.29 Å². The first kappa shape index (κ1) is 28.2. The number of aromatic nitrogens is 2. The molecule has 1 aromatic carbocycles. The SMILES string of the molecule is CC(C)Nc1cccnc1N(C)C1CCN(C(=O)n2ccc3cc(NS(=O)(=O)N4CCN(C)CC4)ccc32)CC1. The van der Waals surface area contributed by atoms with Gasteiger partial charge in [0.1, 0.15) is 0 Å². The quantitative estimate of drug-likeness (QED) is 0.450. The molecule has 0 spiro atoms. The number of likely N-dealkylation sites (tertiary alicyclic amines) is 1. The highest BCUT2D eigenvalue weighted by Crippen LogP contribution is 2.28. The smallest absolute Gasteiger partial charge is 0.328 e. The predicted molar refractivity (Wildman–Crippen MR) is 160 cm³/mol. The fourth-order valence-electron chi connectivity index (χ4n) is 5.49. The van der Waals surface area contributed by atoms with Crippen molar-refractivity contribution < 1.29 is 13.2 Å². The second kappa shape index (κ2) is 11.6. The zero-order valence-electron chi connectivity index (χ0n) is 23.7. The van der Waals surface area contributed by atoms with E-state index in [0.717, 1.165) is 35.2 Å². The van der Waals surface area contributed by atoms with Crippen LogP contribution in [0.1, 0.15) is 26.7 Å². The maximum atomic E-state index is 13.5. The lowest BCUT2D eigenvalue weighted by molar-refractivity contribution is 0.183. The molecule has 2 aliphatic heterocycles. The molecule has 1 amide bonds. The van der Waals surface area contributed by atoms with Gasteiger partial charge in [0.15, 0.2) is 5.82 Å². The molecular formula is C28H40N8O3S. The maximum absolute atomic E-state index is 13.5. The van der Waals surface area contributed by atoms with Crippen LogP contribution in [0.2, 0.25) is 0 Å². The number of anilines is 3. The number of hydrogen-bond acceptors (Lipinski definition) is 7. The van der Waals surface area contributed by atoms with Crippen molar-refractivity contribution in [1.29, 1.82) is 0 Å². The van der Waals surface area contributed by atoms with Crippen LogP contribution in [-0.2, 0) is 10.2 Å². The molecule has 2 saturated heterocycles.